The lowest BCUT2D eigenvalue weighted by Crippen LogP contribution is -2.66. The average molecular weight is 1960 g/mol. The number of esters is 9. The molecule has 762 valence electrons. The first kappa shape index (κ1) is 101. The molecule has 0 amide bonds. The van der Waals surface area contributed by atoms with E-state index in [9.17, 15) is 77.3 Å². The number of aromatic hydroxyl groups is 1. The summed E-state index contributed by atoms with van der Waals surface area (Å²) in [5.74, 6) is -2.33. The minimum Gasteiger partial charge on any atom is -0.504 e. The number of carbonyl (C=O) groups is 14. The fraction of sp³-hybridized carbons (Fsp3) is 0.638. The second-order valence-corrected chi connectivity index (χ2v) is 41.5. The highest BCUT2D eigenvalue weighted by atomic mass is 16.6. The third-order valence-corrected chi connectivity index (χ3v) is 33.6. The minimum atomic E-state index is -0.960. The molecule has 141 heavy (non-hydrogen) atoms. The number of carboxylic acid groups (broad SMARTS) is 4. The van der Waals surface area contributed by atoms with Gasteiger partial charge in [0.1, 0.15) is 48.5 Å². The van der Waals surface area contributed by atoms with E-state index in [1.54, 1.807) is 18.2 Å². The zero-order chi connectivity index (χ0) is 100. The quantitative estimate of drug-likeness (QED) is 0.0122. The summed E-state index contributed by atoms with van der Waals surface area (Å²) in [6.07, 6.45) is 14.2. The molecule has 4 aromatic rings. The number of hydrogen-bond acceptors (Lipinski definition) is 32. The van der Waals surface area contributed by atoms with Crippen LogP contribution >= 0.6 is 0 Å². The monoisotopic (exact) mass is 1960 g/mol. The molecule has 8 aliphatic carbocycles. The summed E-state index contributed by atoms with van der Waals surface area (Å²) in [4.78, 5) is 172. The highest BCUT2D eigenvalue weighted by molar-refractivity contribution is 5.88. The molecule has 36 nitrogen and oxygen atoms in total. The van der Waals surface area contributed by atoms with Gasteiger partial charge in [-0.2, -0.15) is 0 Å². The van der Waals surface area contributed by atoms with Gasteiger partial charge < -0.3 is 112 Å². The van der Waals surface area contributed by atoms with Gasteiger partial charge in [0.15, 0.2) is 46.0 Å². The molecule has 4 unspecified atom stereocenters. The Morgan fingerprint density at radius 2 is 0.645 bits per heavy atom. The van der Waals surface area contributed by atoms with E-state index >= 15 is 0 Å². The number of phenols is 1. The Hall–Kier alpha value is -11.3. The number of phenolic OH excluding ortho intramolecular Hbond substituents is 1. The third-order valence-electron chi connectivity index (χ3n) is 33.6. The van der Waals surface area contributed by atoms with E-state index in [2.05, 4.69) is 69.4 Å². The number of aliphatic hydroxyl groups excluding tert-OH is 1. The molecule has 4 saturated carbocycles. The molecule has 20 atom stereocenters. The van der Waals surface area contributed by atoms with Crippen LogP contribution in [0.15, 0.2) is 48.5 Å². The molecule has 9 aliphatic heterocycles. The van der Waals surface area contributed by atoms with Crippen LogP contribution in [0.4, 0.5) is 0 Å². The first-order valence-electron chi connectivity index (χ1n) is 50.4. The van der Waals surface area contributed by atoms with Gasteiger partial charge in [-0.05, 0) is 279 Å². The van der Waals surface area contributed by atoms with Crippen LogP contribution in [0.2, 0.25) is 0 Å². The Labute approximate surface area is 817 Å². The maximum atomic E-state index is 12.8. The molecule has 0 aromatic heterocycles. The maximum absolute atomic E-state index is 12.8. The summed E-state index contributed by atoms with van der Waals surface area (Å²) in [6.45, 7) is 5.21. The number of likely N-dealkylation sites (N-methyl/N-ethyl adjacent to an activating group) is 4. The molecule has 36 heteroatoms. The Bertz CT molecular complexity index is 5370. The Kier molecular flexibility index (Phi) is 30.1. The number of cyclic esters (lactones) is 2. The van der Waals surface area contributed by atoms with Crippen LogP contribution in [0.5, 0.6) is 46.0 Å². The summed E-state index contributed by atoms with van der Waals surface area (Å²) < 4.78 is 69.8. The number of carbonyl (C=O) groups excluding carboxylic acids is 10. The van der Waals surface area contributed by atoms with E-state index in [1.165, 1.54) is 30.7 Å². The number of benzene rings is 4. The molecular weight excluding hydrogens is 1830 g/mol. The normalized spacial score (nSPS) is 30.6. The number of aliphatic carboxylic acids is 4. The second-order valence-electron chi connectivity index (χ2n) is 41.5. The molecule has 8 bridgehead atoms. The van der Waals surface area contributed by atoms with Crippen molar-refractivity contribution in [3.63, 3.8) is 0 Å². The van der Waals surface area contributed by atoms with Crippen molar-refractivity contribution in [2.24, 2.45) is 23.7 Å². The van der Waals surface area contributed by atoms with E-state index in [0.717, 1.165) is 137 Å². The molecule has 9 fully saturated rings. The minimum absolute atomic E-state index is 0.0104. The summed E-state index contributed by atoms with van der Waals surface area (Å²) in [7, 11) is 10.0. The van der Waals surface area contributed by atoms with Gasteiger partial charge in [0.25, 0.3) is 0 Å². The summed E-state index contributed by atoms with van der Waals surface area (Å²) in [5, 5.41) is 56.2. The van der Waals surface area contributed by atoms with E-state index in [4.69, 9.17) is 67.8 Å². The second kappa shape index (κ2) is 41.9. The first-order chi connectivity index (χ1) is 67.6. The van der Waals surface area contributed by atoms with Gasteiger partial charge in [-0.15, -0.1) is 0 Å². The van der Waals surface area contributed by atoms with Crippen LogP contribution in [0, 0.1) is 23.7 Å². The average Bonchev–Trinajstić information content (AvgIpc) is 1.56. The number of piperidine rings is 4. The number of likely N-dealkylation sites (tertiary alicyclic amines) is 4. The van der Waals surface area contributed by atoms with Crippen LogP contribution in [-0.2, 0) is 138 Å². The predicted molar refractivity (Wildman–Crippen MR) is 496 cm³/mol. The Morgan fingerprint density at radius 1 is 0.362 bits per heavy atom. The number of Topliss-reactive ketones (excluding diaryl/α,β-unsaturated/α-hetero) is 1. The van der Waals surface area contributed by atoms with E-state index in [1.807, 2.05) is 18.2 Å². The Balaban J connectivity index is 0.000000128. The predicted octanol–water partition coefficient (Wildman–Crippen LogP) is 10.3. The van der Waals surface area contributed by atoms with Crippen molar-refractivity contribution in [2.45, 2.75) is 339 Å². The van der Waals surface area contributed by atoms with Gasteiger partial charge in [-0.1, -0.05) is 24.3 Å². The van der Waals surface area contributed by atoms with Crippen molar-refractivity contribution in [3.05, 3.63) is 93.0 Å². The highest BCUT2D eigenvalue weighted by Crippen LogP contribution is 2.69. The molecule has 9 heterocycles. The highest BCUT2D eigenvalue weighted by Gasteiger charge is 2.71. The lowest BCUT2D eigenvalue weighted by atomic mass is 9.51. The fourth-order valence-corrected chi connectivity index (χ4v) is 27.7. The van der Waals surface area contributed by atoms with Crippen LogP contribution in [0.1, 0.15) is 263 Å². The van der Waals surface area contributed by atoms with Crippen LogP contribution in [-0.4, -0.2) is 268 Å². The number of ketones is 1. The zero-order valence-electron chi connectivity index (χ0n) is 80.9. The van der Waals surface area contributed by atoms with E-state index in [0.29, 0.717) is 146 Å². The molecule has 4 aromatic carbocycles. The lowest BCUT2D eigenvalue weighted by Gasteiger charge is -2.58. The number of ether oxygens (including phenoxy) is 12. The van der Waals surface area contributed by atoms with Crippen molar-refractivity contribution in [2.75, 3.05) is 61.5 Å². The largest absolute Gasteiger partial charge is 0.504 e. The molecule has 4 spiro atoms. The SMILES string of the molecule is CN1CCC23c4c5ccc(O)c4O[C@H]2[C@@H](O)CC[C@H]3[C@H]1C5.CN1CCC23c4c5ccc(OC(=O)CCCC(=O)O)c4O[C@H]2[C@@H](OC(=O)CCCC(=O)O)CC[C@H]3[C@H]1C5.CN1CCC23c4c5ccc(OC(=O)CCCC(=O)O)c4O[C@H]2[C@@H](OC(=O)CCCC(=O)O)CC[C@H]3[C@H]1C5.COC(=O)CCCC(=O)O[C@H]1CC[C@H]2[C@H]3Cc4ccc(OC(=O)CCCC(C)=O)c5c4C2(CCN3C)[C@H]1O5.O=C1CCCC(=O)O1. The Morgan fingerprint density at radius 3 is 0.957 bits per heavy atom. The summed E-state index contributed by atoms with van der Waals surface area (Å²) >= 11 is 0. The molecule has 21 rings (SSSR count). The van der Waals surface area contributed by atoms with Crippen molar-refractivity contribution in [1.29, 1.82) is 0 Å². The number of hydrogen-bond donors (Lipinski definition) is 6. The number of carboxylic acids is 4. The van der Waals surface area contributed by atoms with Crippen molar-refractivity contribution in [1.82, 2.24) is 19.6 Å². The summed E-state index contributed by atoms with van der Waals surface area (Å²) in [5.41, 5.74) is 8.23. The van der Waals surface area contributed by atoms with Gasteiger partial charge in [-0.25, -0.2) is 0 Å². The van der Waals surface area contributed by atoms with Crippen LogP contribution in [0.25, 0.3) is 0 Å². The molecule has 6 N–H and O–H groups in total. The van der Waals surface area contributed by atoms with E-state index < -0.39 is 84.4 Å². The number of aliphatic hydroxyl groups is 1. The van der Waals surface area contributed by atoms with Gasteiger partial charge >= 0.3 is 77.6 Å². The summed E-state index contributed by atoms with van der Waals surface area (Å²) in [6, 6.07) is 16.8. The van der Waals surface area contributed by atoms with Crippen molar-refractivity contribution in [3.8, 4) is 46.0 Å². The molecular formula is C105H130N4O32. The molecule has 0 radical (unpaired) electrons. The third kappa shape index (κ3) is 19.6. The number of nitrogens with zero attached hydrogens (tertiary/aromatic N) is 4. The maximum Gasteiger partial charge on any atom is 0.313 e. The number of methoxy groups -OCH3 is 1. The topological polar surface area (TPSA) is 484 Å². The zero-order valence-corrected chi connectivity index (χ0v) is 80.9. The van der Waals surface area contributed by atoms with Crippen LogP contribution in [0.3, 0.4) is 0 Å². The van der Waals surface area contributed by atoms with Gasteiger partial charge in [0.2, 0.25) is 0 Å². The fourth-order valence-electron chi connectivity index (χ4n) is 27.7. The molecule has 5 saturated heterocycles. The van der Waals surface area contributed by atoms with Crippen molar-refractivity contribution < 1.29 is 155 Å². The standard InChI is InChI=1S/C29H37NO8.2C27H33NO9.C17H21NO3.C5H6O3/c1-17(31)6-4-8-24(33)36-21-12-10-18-16-20-19-11-13-22(37-25(34)9-5-7-23(32)35-3)28-29(19,14-15-30(20)2)26(18)27(21)38-28;2*1-28-13-12-27-16-9-11-19(36-23(34)7-3-5-21(31)32)26(27)37-25-18(35-22(33)6-2-4-20(29)30)10-8-15(24(25)27)14-17(16)28;1-18-7-6-17-10-3-5-13(20)16(17)21-15-12(19)4-2-9(14(15)17)8-11(10)18;6-4-2-1-3-5(7)8-4/h10,12,19-20,22,28H,4-9,11,13-16H2,1-3H3;2*8,10,16-17,19,26H,2-7,9,11-14H2,1H3,(H,29,30)(H,31,32);2,4,10-11,13,16,19-20H,3,5-8H2,1H3;1-3H2/t19-,20+,22-,28-,29?;2*16-,17+,19-,26-,27?;10-,11+,13-,16-,17?;/m0000./s1. The van der Waals surface area contributed by atoms with E-state index in [-0.39, 0.29) is 172 Å². The van der Waals surface area contributed by atoms with Gasteiger partial charge in [0.05, 0.1) is 13.2 Å². The smallest absolute Gasteiger partial charge is 0.313 e. The lowest BCUT2D eigenvalue weighted by molar-refractivity contribution is -0.167. The van der Waals surface area contributed by atoms with Crippen LogP contribution < -0.4 is 33.2 Å². The van der Waals surface area contributed by atoms with Gasteiger partial charge in [-0.3, -0.25) is 62.3 Å². The van der Waals surface area contributed by atoms with Gasteiger partial charge in [0, 0.05) is 158 Å². The first-order valence-corrected chi connectivity index (χ1v) is 50.4. The molecule has 17 aliphatic rings. The number of rotatable bonds is 30. The van der Waals surface area contributed by atoms with Crippen molar-refractivity contribution >= 4 is 83.4 Å².